The quantitative estimate of drug-likeness (QED) is 0.489. The minimum atomic E-state index is -0.749. The molecule has 1 aromatic carbocycles. The molecular weight excluding hydrogens is 226 g/mol. The fraction of sp³-hybridized carbons (Fsp3) is 0.400. The topological polar surface area (TPSA) is 111 Å². The molecule has 0 bridgehead atoms. The number of nitrogens with one attached hydrogen (secondary N) is 1. The van der Waals surface area contributed by atoms with Gasteiger partial charge in [0.05, 0.1) is 18.1 Å². The smallest absolute Gasteiger partial charge is 0.292 e. The van der Waals surface area contributed by atoms with Crippen molar-refractivity contribution >= 4 is 11.4 Å². The summed E-state index contributed by atoms with van der Waals surface area (Å²) >= 11 is 0. The second kappa shape index (κ2) is 6.02. The number of nitrogens with zero attached hydrogens (tertiary/aromatic N) is 1. The predicted octanol–water partition coefficient (Wildman–Crippen LogP) is 0.335. The summed E-state index contributed by atoms with van der Waals surface area (Å²) in [4.78, 5) is 10.3. The molecule has 0 saturated heterocycles. The number of ether oxygens (including phenoxy) is 1. The summed E-state index contributed by atoms with van der Waals surface area (Å²) in [6.45, 7) is 0.231. The predicted molar refractivity (Wildman–Crippen MR) is 63.2 cm³/mol. The summed E-state index contributed by atoms with van der Waals surface area (Å²) in [6.07, 6.45) is -0.749. The largest absolute Gasteiger partial charge is 0.497 e. The van der Waals surface area contributed by atoms with E-state index >= 15 is 0 Å². The number of nitro benzene ring substituents is 1. The number of hydrogen-bond acceptors (Lipinski definition) is 6. The van der Waals surface area contributed by atoms with Gasteiger partial charge in [-0.15, -0.1) is 0 Å². The Morgan fingerprint density at radius 2 is 2.35 bits per heavy atom. The van der Waals surface area contributed by atoms with E-state index in [1.54, 1.807) is 0 Å². The maximum Gasteiger partial charge on any atom is 0.292 e. The Balaban J connectivity index is 2.89. The molecule has 0 heterocycles. The van der Waals surface area contributed by atoms with Crippen molar-refractivity contribution < 1.29 is 14.8 Å². The zero-order chi connectivity index (χ0) is 12.8. The van der Waals surface area contributed by atoms with Crippen molar-refractivity contribution in [2.75, 3.05) is 25.5 Å². The first-order chi connectivity index (χ1) is 8.08. The van der Waals surface area contributed by atoms with Crippen molar-refractivity contribution in [3.05, 3.63) is 28.3 Å². The van der Waals surface area contributed by atoms with Gasteiger partial charge in [-0.1, -0.05) is 0 Å². The molecule has 94 valence electrons. The van der Waals surface area contributed by atoms with Gasteiger partial charge in [0.2, 0.25) is 0 Å². The van der Waals surface area contributed by atoms with Crippen LogP contribution in [0.25, 0.3) is 0 Å². The molecule has 0 aromatic heterocycles. The van der Waals surface area contributed by atoms with E-state index in [-0.39, 0.29) is 18.8 Å². The van der Waals surface area contributed by atoms with Crippen molar-refractivity contribution in [1.82, 2.24) is 0 Å². The van der Waals surface area contributed by atoms with Crippen molar-refractivity contribution in [3.8, 4) is 5.75 Å². The highest BCUT2D eigenvalue weighted by molar-refractivity contribution is 5.64. The first-order valence-corrected chi connectivity index (χ1v) is 5.03. The third-order valence-corrected chi connectivity index (χ3v) is 2.20. The van der Waals surface area contributed by atoms with Crippen LogP contribution in [0.5, 0.6) is 5.75 Å². The lowest BCUT2D eigenvalue weighted by molar-refractivity contribution is -0.384. The molecule has 17 heavy (non-hydrogen) atoms. The lowest BCUT2D eigenvalue weighted by atomic mass is 10.2. The number of aliphatic hydroxyl groups is 1. The second-order valence-electron chi connectivity index (χ2n) is 3.41. The molecule has 0 aliphatic heterocycles. The molecule has 0 amide bonds. The second-order valence-corrected chi connectivity index (χ2v) is 3.41. The molecule has 0 fully saturated rings. The van der Waals surface area contributed by atoms with E-state index in [9.17, 15) is 15.2 Å². The number of nitro groups is 1. The van der Waals surface area contributed by atoms with Crippen LogP contribution in [0.2, 0.25) is 0 Å². The van der Waals surface area contributed by atoms with Crippen LogP contribution in [0.1, 0.15) is 0 Å². The third-order valence-electron chi connectivity index (χ3n) is 2.20. The van der Waals surface area contributed by atoms with Gasteiger partial charge in [0.25, 0.3) is 5.69 Å². The molecule has 0 aliphatic rings. The van der Waals surface area contributed by atoms with Gasteiger partial charge in [-0.05, 0) is 6.07 Å². The standard InChI is InChI=1S/C10H15N3O4/c1-17-8-2-3-10(13(15)16)9(4-8)12-6-7(14)5-11/h2-4,7,12,14H,5-6,11H2,1H3. The lowest BCUT2D eigenvalue weighted by Gasteiger charge is -2.11. The SMILES string of the molecule is COc1ccc([N+](=O)[O-])c(NCC(O)CN)c1. The fourth-order valence-corrected chi connectivity index (χ4v) is 1.25. The molecule has 4 N–H and O–H groups in total. The Morgan fingerprint density at radius 3 is 2.88 bits per heavy atom. The van der Waals surface area contributed by atoms with Crippen LogP contribution in [-0.4, -0.2) is 36.3 Å². The van der Waals surface area contributed by atoms with Gasteiger partial charge >= 0.3 is 0 Å². The van der Waals surface area contributed by atoms with Crippen LogP contribution in [0.3, 0.4) is 0 Å². The minimum absolute atomic E-state index is 0.0741. The zero-order valence-corrected chi connectivity index (χ0v) is 9.42. The van der Waals surface area contributed by atoms with E-state index in [1.807, 2.05) is 0 Å². The van der Waals surface area contributed by atoms with E-state index in [4.69, 9.17) is 10.5 Å². The molecular formula is C10H15N3O4. The molecule has 0 aliphatic carbocycles. The van der Waals surface area contributed by atoms with Gasteiger partial charge in [-0.3, -0.25) is 10.1 Å². The number of methoxy groups -OCH3 is 1. The number of anilines is 1. The monoisotopic (exact) mass is 241 g/mol. The van der Waals surface area contributed by atoms with Crippen molar-refractivity contribution in [3.63, 3.8) is 0 Å². The first kappa shape index (κ1) is 13.2. The van der Waals surface area contributed by atoms with Crippen molar-refractivity contribution in [2.45, 2.75) is 6.10 Å². The summed E-state index contributed by atoms with van der Waals surface area (Å²) in [6, 6.07) is 4.35. The Kier molecular flexibility index (Phi) is 4.68. The number of hydrogen-bond donors (Lipinski definition) is 3. The molecule has 7 heteroatoms. The number of aliphatic hydroxyl groups excluding tert-OH is 1. The van der Waals surface area contributed by atoms with E-state index in [2.05, 4.69) is 5.32 Å². The third kappa shape index (κ3) is 3.58. The van der Waals surface area contributed by atoms with Crippen LogP contribution in [0.4, 0.5) is 11.4 Å². The van der Waals surface area contributed by atoms with E-state index < -0.39 is 11.0 Å². The Hall–Kier alpha value is -1.86. The summed E-state index contributed by atoms with van der Waals surface area (Å²) in [7, 11) is 1.47. The average molecular weight is 241 g/mol. The molecule has 0 saturated carbocycles. The minimum Gasteiger partial charge on any atom is -0.497 e. The highest BCUT2D eigenvalue weighted by Gasteiger charge is 2.15. The summed E-state index contributed by atoms with van der Waals surface area (Å²) in [5, 5.41) is 22.8. The lowest BCUT2D eigenvalue weighted by Crippen LogP contribution is -2.27. The van der Waals surface area contributed by atoms with E-state index in [0.29, 0.717) is 11.4 Å². The Morgan fingerprint density at radius 1 is 1.65 bits per heavy atom. The Labute approximate surface area is 98.3 Å². The van der Waals surface area contributed by atoms with Crippen LogP contribution >= 0.6 is 0 Å². The van der Waals surface area contributed by atoms with Gasteiger partial charge in [0.1, 0.15) is 11.4 Å². The van der Waals surface area contributed by atoms with Gasteiger partial charge in [-0.2, -0.15) is 0 Å². The number of benzene rings is 1. The Bertz CT molecular complexity index is 397. The molecule has 7 nitrogen and oxygen atoms in total. The molecule has 0 spiro atoms. The van der Waals surface area contributed by atoms with Crippen molar-refractivity contribution in [1.29, 1.82) is 0 Å². The maximum absolute atomic E-state index is 10.8. The number of rotatable bonds is 6. The van der Waals surface area contributed by atoms with Gasteiger partial charge in [0, 0.05) is 25.2 Å². The van der Waals surface area contributed by atoms with Crippen molar-refractivity contribution in [2.24, 2.45) is 5.73 Å². The van der Waals surface area contributed by atoms with E-state index in [0.717, 1.165) is 0 Å². The highest BCUT2D eigenvalue weighted by atomic mass is 16.6. The highest BCUT2D eigenvalue weighted by Crippen LogP contribution is 2.28. The molecule has 1 aromatic rings. The molecule has 0 radical (unpaired) electrons. The van der Waals surface area contributed by atoms with Gasteiger partial charge < -0.3 is 20.9 Å². The van der Waals surface area contributed by atoms with Gasteiger partial charge in [-0.25, -0.2) is 0 Å². The van der Waals surface area contributed by atoms with Crippen LogP contribution in [-0.2, 0) is 0 Å². The van der Waals surface area contributed by atoms with Crippen LogP contribution in [0, 0.1) is 10.1 Å². The molecule has 1 unspecified atom stereocenters. The first-order valence-electron chi connectivity index (χ1n) is 5.03. The average Bonchev–Trinajstić information content (AvgIpc) is 2.35. The summed E-state index contributed by atoms with van der Waals surface area (Å²) < 4.78 is 4.97. The van der Waals surface area contributed by atoms with E-state index in [1.165, 1.54) is 25.3 Å². The fourth-order valence-electron chi connectivity index (χ4n) is 1.25. The summed E-state index contributed by atoms with van der Waals surface area (Å²) in [5.41, 5.74) is 5.46. The number of nitrogens with two attached hydrogens (primary N) is 1. The zero-order valence-electron chi connectivity index (χ0n) is 9.42. The normalized spacial score (nSPS) is 11.9. The van der Waals surface area contributed by atoms with Gasteiger partial charge in [0.15, 0.2) is 0 Å². The van der Waals surface area contributed by atoms with Crippen LogP contribution < -0.4 is 15.8 Å². The maximum atomic E-state index is 10.8. The molecule has 1 atom stereocenters. The van der Waals surface area contributed by atoms with Crippen LogP contribution in [0.15, 0.2) is 18.2 Å². The molecule has 1 rings (SSSR count). The summed E-state index contributed by atoms with van der Waals surface area (Å²) in [5.74, 6) is 0.500.